The minimum absolute atomic E-state index is 0.00309. The van der Waals surface area contributed by atoms with Gasteiger partial charge in [0.05, 0.1) is 5.56 Å². The van der Waals surface area contributed by atoms with Crippen LogP contribution in [0.3, 0.4) is 0 Å². The van der Waals surface area contributed by atoms with Crippen LogP contribution in [0.25, 0.3) is 22.1 Å². The second-order valence-corrected chi connectivity index (χ2v) is 7.59. The summed E-state index contributed by atoms with van der Waals surface area (Å²) in [5.74, 6) is -3.51. The number of fused-ring (bicyclic) bond motifs is 1. The van der Waals surface area contributed by atoms with Crippen molar-refractivity contribution >= 4 is 28.9 Å². The highest BCUT2D eigenvalue weighted by Crippen LogP contribution is 2.33. The number of carboxylic acid groups (broad SMARTS) is 3. The molecule has 1 heterocycles. The van der Waals surface area contributed by atoms with Crippen molar-refractivity contribution in [2.45, 2.75) is 39.1 Å². The van der Waals surface area contributed by atoms with Crippen LogP contribution in [0, 0.1) is 0 Å². The molecule has 3 aromatic rings. The number of aliphatic carboxylic acids is 3. The quantitative estimate of drug-likeness (QED) is 0.385. The molecular formula is C24H22O11. The van der Waals surface area contributed by atoms with Gasteiger partial charge >= 0.3 is 17.9 Å². The largest absolute Gasteiger partial charge is 0.479 e. The summed E-state index contributed by atoms with van der Waals surface area (Å²) in [5.41, 5.74) is 0.00433. The van der Waals surface area contributed by atoms with Crippen molar-refractivity contribution in [1.82, 2.24) is 0 Å². The van der Waals surface area contributed by atoms with Crippen molar-refractivity contribution in [3.8, 4) is 28.4 Å². The number of benzene rings is 2. The number of carbonyl (C=O) groups is 3. The molecule has 0 bridgehead atoms. The standard InChI is InChI=1S/C24H22O11/c1-11(22(26)27)33-15-6-4-14(5-7-15)17-10-32-18-8-16(34-12(2)23(28)29)9-19(20(18)21(17)25)35-13(3)24(30)31/h4-13H,1-3H3,(H,26,27)(H,28,29)(H,30,31). The van der Waals surface area contributed by atoms with Gasteiger partial charge < -0.3 is 33.9 Å². The third-order valence-electron chi connectivity index (χ3n) is 4.95. The fraction of sp³-hybridized carbons (Fsp3) is 0.250. The summed E-state index contributed by atoms with van der Waals surface area (Å²) in [5, 5.41) is 27.2. The zero-order valence-electron chi connectivity index (χ0n) is 18.9. The van der Waals surface area contributed by atoms with E-state index in [0.29, 0.717) is 5.56 Å². The van der Waals surface area contributed by atoms with E-state index in [1.54, 1.807) is 0 Å². The summed E-state index contributed by atoms with van der Waals surface area (Å²) in [6.45, 7) is 3.95. The summed E-state index contributed by atoms with van der Waals surface area (Å²) >= 11 is 0. The van der Waals surface area contributed by atoms with Crippen molar-refractivity contribution in [3.05, 3.63) is 52.9 Å². The average molecular weight is 486 g/mol. The van der Waals surface area contributed by atoms with E-state index in [-0.39, 0.29) is 33.8 Å². The second kappa shape index (κ2) is 10.2. The van der Waals surface area contributed by atoms with Gasteiger partial charge in [-0.2, -0.15) is 0 Å². The lowest BCUT2D eigenvalue weighted by molar-refractivity contribution is -0.145. The molecule has 0 aliphatic carbocycles. The van der Waals surface area contributed by atoms with Crippen LogP contribution in [0.4, 0.5) is 0 Å². The molecule has 0 radical (unpaired) electrons. The smallest absolute Gasteiger partial charge is 0.344 e. The molecule has 0 saturated heterocycles. The summed E-state index contributed by atoms with van der Waals surface area (Å²) in [6, 6.07) is 8.59. The van der Waals surface area contributed by atoms with Crippen molar-refractivity contribution < 1.29 is 48.3 Å². The van der Waals surface area contributed by atoms with Gasteiger partial charge in [-0.3, -0.25) is 4.79 Å². The zero-order chi connectivity index (χ0) is 25.9. The normalized spacial score (nSPS) is 13.5. The first-order valence-electron chi connectivity index (χ1n) is 10.4. The van der Waals surface area contributed by atoms with Gasteiger partial charge in [-0.05, 0) is 38.5 Å². The minimum atomic E-state index is -1.33. The Hall–Kier alpha value is -4.54. The topological polar surface area (TPSA) is 170 Å². The van der Waals surface area contributed by atoms with Gasteiger partial charge in [0.2, 0.25) is 5.43 Å². The molecule has 3 atom stereocenters. The van der Waals surface area contributed by atoms with Crippen LogP contribution in [0.1, 0.15) is 20.8 Å². The Morgan fingerprint density at radius 1 is 0.771 bits per heavy atom. The minimum Gasteiger partial charge on any atom is -0.479 e. The molecule has 3 unspecified atom stereocenters. The average Bonchev–Trinajstić information content (AvgIpc) is 2.79. The first kappa shape index (κ1) is 25.1. The summed E-state index contributed by atoms with van der Waals surface area (Å²) in [4.78, 5) is 46.8. The lowest BCUT2D eigenvalue weighted by Crippen LogP contribution is -2.24. The number of rotatable bonds is 10. The van der Waals surface area contributed by atoms with Gasteiger partial charge in [0.15, 0.2) is 18.3 Å². The molecule has 0 aliphatic rings. The Bertz CT molecular complexity index is 1320. The van der Waals surface area contributed by atoms with E-state index in [9.17, 15) is 24.3 Å². The number of hydrogen-bond acceptors (Lipinski definition) is 8. The van der Waals surface area contributed by atoms with Gasteiger partial charge in [-0.25, -0.2) is 14.4 Å². The zero-order valence-corrected chi connectivity index (χ0v) is 18.9. The Kier molecular flexibility index (Phi) is 7.28. The van der Waals surface area contributed by atoms with E-state index in [0.717, 1.165) is 0 Å². The van der Waals surface area contributed by atoms with Crippen LogP contribution in [0.2, 0.25) is 0 Å². The third-order valence-corrected chi connectivity index (χ3v) is 4.95. The highest BCUT2D eigenvalue weighted by molar-refractivity contribution is 5.89. The lowest BCUT2D eigenvalue weighted by atomic mass is 10.0. The molecule has 1 aromatic heterocycles. The van der Waals surface area contributed by atoms with E-state index in [1.165, 1.54) is 63.4 Å². The molecule has 2 aromatic carbocycles. The van der Waals surface area contributed by atoms with Crippen molar-refractivity contribution in [2.75, 3.05) is 0 Å². The second-order valence-electron chi connectivity index (χ2n) is 7.59. The molecule has 35 heavy (non-hydrogen) atoms. The summed E-state index contributed by atoms with van der Waals surface area (Å²) < 4.78 is 21.7. The van der Waals surface area contributed by atoms with E-state index in [1.807, 2.05) is 0 Å². The summed E-state index contributed by atoms with van der Waals surface area (Å²) in [7, 11) is 0. The number of hydrogen-bond donors (Lipinski definition) is 3. The Morgan fingerprint density at radius 3 is 1.83 bits per heavy atom. The highest BCUT2D eigenvalue weighted by atomic mass is 16.5. The predicted octanol–water partition coefficient (Wildman–Crippen LogP) is 3.02. The van der Waals surface area contributed by atoms with Crippen LogP contribution in [0.5, 0.6) is 17.2 Å². The first-order valence-corrected chi connectivity index (χ1v) is 10.4. The first-order chi connectivity index (χ1) is 16.5. The Labute approximate surface area is 198 Å². The monoisotopic (exact) mass is 486 g/mol. The van der Waals surface area contributed by atoms with E-state index < -0.39 is 41.6 Å². The van der Waals surface area contributed by atoms with Gasteiger partial charge in [-0.1, -0.05) is 12.1 Å². The Morgan fingerprint density at radius 2 is 1.29 bits per heavy atom. The van der Waals surface area contributed by atoms with Crippen LogP contribution >= 0.6 is 0 Å². The van der Waals surface area contributed by atoms with Gasteiger partial charge in [0, 0.05) is 12.1 Å². The van der Waals surface area contributed by atoms with Gasteiger partial charge in [-0.15, -0.1) is 0 Å². The molecule has 0 fully saturated rings. The third kappa shape index (κ3) is 5.69. The summed E-state index contributed by atoms with van der Waals surface area (Å²) in [6.07, 6.45) is -2.44. The van der Waals surface area contributed by atoms with Crippen molar-refractivity contribution in [1.29, 1.82) is 0 Å². The Balaban J connectivity index is 2.08. The molecule has 3 rings (SSSR count). The maximum atomic E-state index is 13.4. The molecular weight excluding hydrogens is 464 g/mol. The molecule has 0 saturated carbocycles. The highest BCUT2D eigenvalue weighted by Gasteiger charge is 2.22. The molecule has 0 spiro atoms. The van der Waals surface area contributed by atoms with Crippen molar-refractivity contribution in [3.63, 3.8) is 0 Å². The lowest BCUT2D eigenvalue weighted by Gasteiger charge is -2.16. The van der Waals surface area contributed by atoms with E-state index >= 15 is 0 Å². The molecule has 11 heteroatoms. The predicted molar refractivity (Wildman–Crippen MR) is 121 cm³/mol. The molecule has 0 amide bonds. The molecule has 3 N–H and O–H groups in total. The van der Waals surface area contributed by atoms with Gasteiger partial charge in [0.25, 0.3) is 0 Å². The van der Waals surface area contributed by atoms with E-state index in [2.05, 4.69) is 0 Å². The molecule has 184 valence electrons. The molecule has 11 nitrogen and oxygen atoms in total. The fourth-order valence-corrected chi connectivity index (χ4v) is 3.02. The number of carboxylic acids is 3. The van der Waals surface area contributed by atoms with E-state index in [4.69, 9.17) is 28.8 Å². The van der Waals surface area contributed by atoms with Crippen LogP contribution in [-0.2, 0) is 14.4 Å². The molecule has 0 aliphatic heterocycles. The fourth-order valence-electron chi connectivity index (χ4n) is 3.02. The van der Waals surface area contributed by atoms with Crippen LogP contribution in [-0.4, -0.2) is 51.5 Å². The maximum absolute atomic E-state index is 13.4. The number of ether oxygens (including phenoxy) is 3. The maximum Gasteiger partial charge on any atom is 0.344 e. The SMILES string of the molecule is CC(Oc1ccc(-c2coc3cc(OC(C)C(=O)O)cc(OC(C)C(=O)O)c3c2=O)cc1)C(=O)O. The van der Waals surface area contributed by atoms with Crippen LogP contribution < -0.4 is 19.6 Å². The van der Waals surface area contributed by atoms with Crippen LogP contribution in [0.15, 0.2) is 51.9 Å². The van der Waals surface area contributed by atoms with Crippen molar-refractivity contribution in [2.24, 2.45) is 0 Å². The van der Waals surface area contributed by atoms with Gasteiger partial charge in [0.1, 0.15) is 34.5 Å².